The first-order valence-corrected chi connectivity index (χ1v) is 8.72. The summed E-state index contributed by atoms with van der Waals surface area (Å²) in [5.41, 5.74) is 0. The Morgan fingerprint density at radius 2 is 2.21 bits per heavy atom. The van der Waals surface area contributed by atoms with Crippen molar-refractivity contribution in [2.24, 2.45) is 5.92 Å². The Morgan fingerprint density at radius 3 is 2.95 bits per heavy atom. The van der Waals surface area contributed by atoms with Crippen LogP contribution >= 0.6 is 11.3 Å². The summed E-state index contributed by atoms with van der Waals surface area (Å²) in [6, 6.07) is 3.35. The molecule has 19 heavy (non-hydrogen) atoms. The number of hydrogen-bond donors (Lipinski definition) is 1. The Bertz CT molecular complexity index is 568. The molecular weight excluding hydrogens is 284 g/mol. The lowest BCUT2D eigenvalue weighted by Gasteiger charge is -2.15. The number of fused-ring (bicyclic) bond motifs is 1. The van der Waals surface area contributed by atoms with Crippen LogP contribution in [0.5, 0.6) is 0 Å². The van der Waals surface area contributed by atoms with E-state index in [-0.39, 0.29) is 17.9 Å². The summed E-state index contributed by atoms with van der Waals surface area (Å²) in [6.07, 6.45) is 2.32. The average Bonchev–Trinajstić information content (AvgIpc) is 2.97. The summed E-state index contributed by atoms with van der Waals surface area (Å²) in [5.74, 6) is 0.295. The lowest BCUT2D eigenvalue weighted by atomic mass is 9.99. The van der Waals surface area contributed by atoms with E-state index in [9.17, 15) is 13.2 Å². The number of nitrogens with one attached hydrogen (secondary N) is 1. The Hall–Kier alpha value is -0.920. The van der Waals surface area contributed by atoms with Crippen molar-refractivity contribution in [2.75, 3.05) is 13.1 Å². The van der Waals surface area contributed by atoms with E-state index in [1.807, 2.05) is 0 Å². The third kappa shape index (κ3) is 2.42. The summed E-state index contributed by atoms with van der Waals surface area (Å²) >= 11 is 1.24. The minimum Gasteiger partial charge on any atom is -0.352 e. The van der Waals surface area contributed by atoms with E-state index in [1.165, 1.54) is 15.6 Å². The monoisotopic (exact) mass is 300 g/mol. The van der Waals surface area contributed by atoms with E-state index in [0.717, 1.165) is 12.8 Å². The SMILES string of the molecule is O=C1CCC[C@@H]2CN(S(=O)(=O)c3cccs3)C[C@@H]2N1. The molecule has 1 aromatic heterocycles. The lowest BCUT2D eigenvalue weighted by Crippen LogP contribution is -2.39. The normalized spacial score (nSPS) is 28.7. The highest BCUT2D eigenvalue weighted by molar-refractivity contribution is 7.91. The number of hydrogen-bond acceptors (Lipinski definition) is 4. The van der Waals surface area contributed by atoms with Gasteiger partial charge in [0, 0.05) is 25.6 Å². The van der Waals surface area contributed by atoms with Gasteiger partial charge in [0.1, 0.15) is 4.21 Å². The summed E-state index contributed by atoms with van der Waals surface area (Å²) in [5, 5.41) is 4.71. The zero-order valence-electron chi connectivity index (χ0n) is 10.4. The van der Waals surface area contributed by atoms with Crippen LogP contribution in [-0.2, 0) is 14.8 Å². The van der Waals surface area contributed by atoms with Gasteiger partial charge in [-0.1, -0.05) is 6.07 Å². The van der Waals surface area contributed by atoms with E-state index in [2.05, 4.69) is 5.32 Å². The molecule has 0 saturated carbocycles. The number of rotatable bonds is 2. The predicted octanol–water partition coefficient (Wildman–Crippen LogP) is 1.04. The molecule has 0 aliphatic carbocycles. The number of carbonyl (C=O) groups excluding carboxylic acids is 1. The molecule has 2 fully saturated rings. The molecule has 1 N–H and O–H groups in total. The molecule has 2 atom stereocenters. The van der Waals surface area contributed by atoms with E-state index in [4.69, 9.17) is 0 Å². The van der Waals surface area contributed by atoms with E-state index < -0.39 is 10.0 Å². The second kappa shape index (κ2) is 4.88. The van der Waals surface area contributed by atoms with Gasteiger partial charge in [0.15, 0.2) is 0 Å². The fourth-order valence-electron chi connectivity index (χ4n) is 2.83. The van der Waals surface area contributed by atoms with Gasteiger partial charge in [-0.05, 0) is 30.2 Å². The number of thiophene rings is 1. The summed E-state index contributed by atoms with van der Waals surface area (Å²) in [7, 11) is -3.38. The van der Waals surface area contributed by atoms with Crippen molar-refractivity contribution in [1.29, 1.82) is 0 Å². The van der Waals surface area contributed by atoms with Crippen LogP contribution in [0.2, 0.25) is 0 Å². The molecule has 0 bridgehead atoms. The van der Waals surface area contributed by atoms with Crippen molar-refractivity contribution >= 4 is 27.3 Å². The Labute approximate surface area is 116 Å². The summed E-state index contributed by atoms with van der Waals surface area (Å²) < 4.78 is 26.8. The standard InChI is InChI=1S/C12H16N2O3S2/c15-11-4-1-3-9-7-14(8-10(9)13-11)19(16,17)12-5-2-6-18-12/h2,5-6,9-10H,1,3-4,7-8H2,(H,13,15)/t9-,10+/m1/s1. The first-order chi connectivity index (χ1) is 9.07. The fourth-order valence-corrected chi connectivity index (χ4v) is 5.49. The molecule has 0 unspecified atom stereocenters. The average molecular weight is 300 g/mol. The van der Waals surface area contributed by atoms with Crippen LogP contribution < -0.4 is 5.32 Å². The second-order valence-corrected chi connectivity index (χ2v) is 8.19. The van der Waals surface area contributed by atoms with Crippen LogP contribution in [0.4, 0.5) is 0 Å². The Morgan fingerprint density at radius 1 is 1.37 bits per heavy atom. The van der Waals surface area contributed by atoms with Gasteiger partial charge < -0.3 is 5.32 Å². The van der Waals surface area contributed by atoms with E-state index >= 15 is 0 Å². The van der Waals surface area contributed by atoms with Crippen LogP contribution in [0.25, 0.3) is 0 Å². The molecule has 104 valence electrons. The molecular formula is C12H16N2O3S2. The first kappa shape index (κ1) is 13.1. The van der Waals surface area contributed by atoms with Gasteiger partial charge >= 0.3 is 0 Å². The maximum Gasteiger partial charge on any atom is 0.252 e. The van der Waals surface area contributed by atoms with Crippen molar-refractivity contribution in [2.45, 2.75) is 29.5 Å². The van der Waals surface area contributed by atoms with Gasteiger partial charge in [0.2, 0.25) is 5.91 Å². The quantitative estimate of drug-likeness (QED) is 0.887. The molecule has 7 heteroatoms. The molecule has 2 aliphatic heterocycles. The van der Waals surface area contributed by atoms with Crippen molar-refractivity contribution in [3.63, 3.8) is 0 Å². The molecule has 3 rings (SSSR count). The Kier molecular flexibility index (Phi) is 3.36. The van der Waals surface area contributed by atoms with Crippen LogP contribution in [0, 0.1) is 5.92 Å². The second-order valence-electron chi connectivity index (χ2n) is 5.08. The van der Waals surface area contributed by atoms with Gasteiger partial charge in [-0.25, -0.2) is 8.42 Å². The Balaban J connectivity index is 1.81. The molecule has 1 aromatic rings. The highest BCUT2D eigenvalue weighted by Gasteiger charge is 2.41. The van der Waals surface area contributed by atoms with Gasteiger partial charge in [0.05, 0.1) is 0 Å². The van der Waals surface area contributed by atoms with Crippen LogP contribution in [0.15, 0.2) is 21.7 Å². The molecule has 2 saturated heterocycles. The minimum atomic E-state index is -3.38. The maximum atomic E-state index is 12.4. The summed E-state index contributed by atoms with van der Waals surface area (Å²) in [6.45, 7) is 0.918. The van der Waals surface area contributed by atoms with Gasteiger partial charge in [-0.15, -0.1) is 11.3 Å². The largest absolute Gasteiger partial charge is 0.352 e. The third-order valence-electron chi connectivity index (χ3n) is 3.82. The van der Waals surface area contributed by atoms with Crippen molar-refractivity contribution in [3.05, 3.63) is 17.5 Å². The molecule has 0 aromatic carbocycles. The number of nitrogens with zero attached hydrogens (tertiary/aromatic N) is 1. The lowest BCUT2D eigenvalue weighted by molar-refractivity contribution is -0.121. The molecule has 0 spiro atoms. The van der Waals surface area contributed by atoms with Gasteiger partial charge in [-0.3, -0.25) is 4.79 Å². The smallest absolute Gasteiger partial charge is 0.252 e. The molecule has 2 aliphatic rings. The number of carbonyl (C=O) groups is 1. The van der Waals surface area contributed by atoms with E-state index in [0.29, 0.717) is 23.7 Å². The maximum absolute atomic E-state index is 12.4. The topological polar surface area (TPSA) is 66.5 Å². The molecule has 1 amide bonds. The van der Waals surface area contributed by atoms with Crippen molar-refractivity contribution in [3.8, 4) is 0 Å². The third-order valence-corrected chi connectivity index (χ3v) is 7.03. The number of amides is 1. The molecule has 5 nitrogen and oxygen atoms in total. The highest BCUT2D eigenvalue weighted by Crippen LogP contribution is 2.30. The minimum absolute atomic E-state index is 0.0234. The van der Waals surface area contributed by atoms with Crippen molar-refractivity contribution in [1.82, 2.24) is 9.62 Å². The van der Waals surface area contributed by atoms with Gasteiger partial charge in [-0.2, -0.15) is 4.31 Å². The zero-order valence-corrected chi connectivity index (χ0v) is 12.0. The van der Waals surface area contributed by atoms with E-state index in [1.54, 1.807) is 17.5 Å². The zero-order chi connectivity index (χ0) is 13.5. The molecule has 3 heterocycles. The van der Waals surface area contributed by atoms with Crippen LogP contribution in [0.1, 0.15) is 19.3 Å². The van der Waals surface area contributed by atoms with Gasteiger partial charge in [0.25, 0.3) is 10.0 Å². The highest BCUT2D eigenvalue weighted by atomic mass is 32.2. The van der Waals surface area contributed by atoms with Crippen LogP contribution in [-0.4, -0.2) is 37.8 Å². The fraction of sp³-hybridized carbons (Fsp3) is 0.583. The van der Waals surface area contributed by atoms with Crippen LogP contribution in [0.3, 0.4) is 0 Å². The molecule has 0 radical (unpaired) electrons. The number of sulfonamides is 1. The predicted molar refractivity (Wildman–Crippen MR) is 72.3 cm³/mol. The first-order valence-electron chi connectivity index (χ1n) is 6.40. The summed E-state index contributed by atoms with van der Waals surface area (Å²) in [4.78, 5) is 11.5. The van der Waals surface area contributed by atoms with Crippen molar-refractivity contribution < 1.29 is 13.2 Å².